The van der Waals surface area contributed by atoms with Crippen LogP contribution < -0.4 is 10.2 Å². The van der Waals surface area contributed by atoms with Gasteiger partial charge in [0.05, 0.1) is 12.8 Å². The van der Waals surface area contributed by atoms with Crippen LogP contribution in [0.1, 0.15) is 0 Å². The molecule has 0 heterocycles. The molecule has 0 unspecified atom stereocenters. The summed E-state index contributed by atoms with van der Waals surface area (Å²) in [7, 11) is 1.63. The van der Waals surface area contributed by atoms with Crippen LogP contribution in [0, 0.1) is 0 Å². The molecule has 0 atom stereocenters. The molecule has 0 amide bonds. The third-order valence-electron chi connectivity index (χ3n) is 2.21. The lowest BCUT2D eigenvalue weighted by atomic mass is 10.1. The fourth-order valence-corrected chi connectivity index (χ4v) is 1.49. The van der Waals surface area contributed by atoms with Gasteiger partial charge in [-0.15, -0.1) is 0 Å². The Labute approximate surface area is 81.9 Å². The minimum Gasteiger partial charge on any atom is -0.497 e. The summed E-state index contributed by atoms with van der Waals surface area (Å²) in [6.45, 7) is 0. The van der Waals surface area contributed by atoms with E-state index in [2.05, 4.69) is 5.48 Å². The molecule has 0 saturated heterocycles. The molecule has 0 aliphatic rings. The van der Waals surface area contributed by atoms with Crippen LogP contribution in [-0.4, -0.2) is 12.3 Å². The highest BCUT2D eigenvalue weighted by Gasteiger charge is 2.00. The molecule has 72 valence electrons. The fourth-order valence-electron chi connectivity index (χ4n) is 1.49. The van der Waals surface area contributed by atoms with Crippen molar-refractivity contribution in [2.45, 2.75) is 0 Å². The summed E-state index contributed by atoms with van der Waals surface area (Å²) in [5.74, 6) is 0.813. The molecular weight excluding hydrogens is 178 g/mol. The van der Waals surface area contributed by atoms with Crippen LogP contribution in [0.15, 0.2) is 36.4 Å². The molecule has 2 aromatic rings. The third-order valence-corrected chi connectivity index (χ3v) is 2.21. The second kappa shape index (κ2) is 3.55. The quantitative estimate of drug-likeness (QED) is 0.713. The highest BCUT2D eigenvalue weighted by Crippen LogP contribution is 2.26. The molecule has 0 bridgehead atoms. The summed E-state index contributed by atoms with van der Waals surface area (Å²) in [6.07, 6.45) is 0. The van der Waals surface area contributed by atoms with E-state index in [1.807, 2.05) is 36.4 Å². The van der Waals surface area contributed by atoms with Gasteiger partial charge in [-0.25, -0.2) is 0 Å². The highest BCUT2D eigenvalue weighted by atomic mass is 16.5. The molecule has 0 aromatic heterocycles. The number of hydrogen-bond donors (Lipinski definition) is 2. The van der Waals surface area contributed by atoms with E-state index >= 15 is 0 Å². The molecule has 2 N–H and O–H groups in total. The van der Waals surface area contributed by atoms with Crippen molar-refractivity contribution < 1.29 is 9.94 Å². The number of fused-ring (bicyclic) bond motifs is 1. The maximum absolute atomic E-state index is 8.88. The largest absolute Gasteiger partial charge is 0.497 e. The van der Waals surface area contributed by atoms with Gasteiger partial charge in [-0.05, 0) is 29.7 Å². The third kappa shape index (κ3) is 1.38. The van der Waals surface area contributed by atoms with E-state index < -0.39 is 0 Å². The normalized spacial score (nSPS) is 10.1. The molecular formula is C11H11NO2. The SMILES string of the molecule is COc1ccc2c(NO)cccc2c1. The standard InChI is InChI=1S/C11H11NO2/c1-14-9-5-6-10-8(7-9)3-2-4-11(10)12-13/h2-7,12-13H,1H3. The fraction of sp³-hybridized carbons (Fsp3) is 0.0909. The van der Waals surface area contributed by atoms with Crippen molar-refractivity contribution in [3.63, 3.8) is 0 Å². The zero-order chi connectivity index (χ0) is 9.97. The van der Waals surface area contributed by atoms with E-state index in [1.54, 1.807) is 7.11 Å². The Morgan fingerprint density at radius 1 is 1.21 bits per heavy atom. The van der Waals surface area contributed by atoms with Gasteiger partial charge in [0.15, 0.2) is 0 Å². The Morgan fingerprint density at radius 2 is 2.07 bits per heavy atom. The summed E-state index contributed by atoms with van der Waals surface area (Å²) in [5.41, 5.74) is 2.87. The molecule has 14 heavy (non-hydrogen) atoms. The van der Waals surface area contributed by atoms with Gasteiger partial charge >= 0.3 is 0 Å². The van der Waals surface area contributed by atoms with Crippen LogP contribution >= 0.6 is 0 Å². The first-order valence-electron chi connectivity index (χ1n) is 4.32. The van der Waals surface area contributed by atoms with Gasteiger partial charge in [0.2, 0.25) is 0 Å². The Hall–Kier alpha value is -1.74. The molecule has 0 saturated carbocycles. The molecule has 3 nitrogen and oxygen atoms in total. The predicted molar refractivity (Wildman–Crippen MR) is 55.9 cm³/mol. The van der Waals surface area contributed by atoms with Crippen molar-refractivity contribution in [2.24, 2.45) is 0 Å². The van der Waals surface area contributed by atoms with Crippen molar-refractivity contribution in [1.29, 1.82) is 0 Å². The number of benzene rings is 2. The maximum Gasteiger partial charge on any atom is 0.119 e. The van der Waals surface area contributed by atoms with E-state index in [1.165, 1.54) is 0 Å². The second-order valence-electron chi connectivity index (χ2n) is 3.00. The van der Waals surface area contributed by atoms with Crippen LogP contribution in [0.5, 0.6) is 5.75 Å². The van der Waals surface area contributed by atoms with Crippen molar-refractivity contribution in [1.82, 2.24) is 0 Å². The number of ether oxygens (including phenoxy) is 1. The summed E-state index contributed by atoms with van der Waals surface area (Å²) in [5, 5.41) is 10.9. The summed E-state index contributed by atoms with van der Waals surface area (Å²) in [4.78, 5) is 0. The number of rotatable bonds is 2. The lowest BCUT2D eigenvalue weighted by molar-refractivity contribution is 0.390. The first-order valence-corrected chi connectivity index (χ1v) is 4.32. The molecule has 2 aromatic carbocycles. The zero-order valence-corrected chi connectivity index (χ0v) is 7.82. The van der Waals surface area contributed by atoms with Crippen molar-refractivity contribution >= 4 is 16.5 Å². The van der Waals surface area contributed by atoms with E-state index in [4.69, 9.17) is 9.94 Å². The Bertz CT molecular complexity index is 454. The lowest BCUT2D eigenvalue weighted by Crippen LogP contribution is -1.90. The van der Waals surface area contributed by atoms with E-state index in [9.17, 15) is 0 Å². The van der Waals surface area contributed by atoms with Crippen LogP contribution in [0.3, 0.4) is 0 Å². The summed E-state index contributed by atoms with van der Waals surface area (Å²) >= 11 is 0. The average Bonchev–Trinajstić information content (AvgIpc) is 2.27. The van der Waals surface area contributed by atoms with E-state index in [0.29, 0.717) is 5.69 Å². The monoisotopic (exact) mass is 189 g/mol. The van der Waals surface area contributed by atoms with Crippen molar-refractivity contribution in [2.75, 3.05) is 12.6 Å². The first-order chi connectivity index (χ1) is 6.85. The molecule has 0 spiro atoms. The maximum atomic E-state index is 8.88. The Morgan fingerprint density at radius 3 is 2.79 bits per heavy atom. The van der Waals surface area contributed by atoms with E-state index in [0.717, 1.165) is 16.5 Å². The molecule has 0 aliphatic carbocycles. The predicted octanol–water partition coefficient (Wildman–Crippen LogP) is 2.65. The van der Waals surface area contributed by atoms with Crippen LogP contribution in [0.4, 0.5) is 5.69 Å². The minimum absolute atomic E-state index is 0.699. The molecule has 2 rings (SSSR count). The van der Waals surface area contributed by atoms with Gasteiger partial charge in [-0.1, -0.05) is 12.1 Å². The molecule has 0 aliphatic heterocycles. The van der Waals surface area contributed by atoms with Gasteiger partial charge in [-0.2, -0.15) is 0 Å². The van der Waals surface area contributed by atoms with Crippen molar-refractivity contribution in [3.05, 3.63) is 36.4 Å². The van der Waals surface area contributed by atoms with Crippen LogP contribution in [0.25, 0.3) is 10.8 Å². The van der Waals surface area contributed by atoms with E-state index in [-0.39, 0.29) is 0 Å². The van der Waals surface area contributed by atoms with Gasteiger partial charge in [0.25, 0.3) is 0 Å². The smallest absolute Gasteiger partial charge is 0.119 e. The number of hydrogen-bond acceptors (Lipinski definition) is 3. The van der Waals surface area contributed by atoms with Crippen LogP contribution in [0.2, 0.25) is 0 Å². The second-order valence-corrected chi connectivity index (χ2v) is 3.00. The van der Waals surface area contributed by atoms with Crippen molar-refractivity contribution in [3.8, 4) is 5.75 Å². The topological polar surface area (TPSA) is 41.5 Å². The zero-order valence-electron chi connectivity index (χ0n) is 7.82. The number of anilines is 1. The first kappa shape index (κ1) is 8.84. The van der Waals surface area contributed by atoms with Gasteiger partial charge in [0, 0.05) is 5.39 Å². The minimum atomic E-state index is 0.699. The van der Waals surface area contributed by atoms with Gasteiger partial charge in [-0.3, -0.25) is 10.7 Å². The number of nitrogens with one attached hydrogen (secondary N) is 1. The summed E-state index contributed by atoms with van der Waals surface area (Å²) in [6, 6.07) is 11.4. The Balaban J connectivity index is 2.67. The van der Waals surface area contributed by atoms with Gasteiger partial charge < -0.3 is 4.74 Å². The highest BCUT2D eigenvalue weighted by molar-refractivity contribution is 5.94. The number of methoxy groups -OCH3 is 1. The average molecular weight is 189 g/mol. The summed E-state index contributed by atoms with van der Waals surface area (Å²) < 4.78 is 5.11. The lowest BCUT2D eigenvalue weighted by Gasteiger charge is -2.06. The molecule has 3 heteroatoms. The molecule has 0 fully saturated rings. The Kier molecular flexibility index (Phi) is 2.24. The molecule has 0 radical (unpaired) electrons. The van der Waals surface area contributed by atoms with Gasteiger partial charge in [0.1, 0.15) is 5.75 Å². The van der Waals surface area contributed by atoms with Crippen LogP contribution in [-0.2, 0) is 0 Å².